The fourth-order valence-corrected chi connectivity index (χ4v) is 1.85. The molecule has 0 fully saturated rings. The number of esters is 1. The van der Waals surface area contributed by atoms with E-state index in [1.807, 2.05) is 38.1 Å². The minimum Gasteiger partial charge on any atom is -0.449 e. The minimum atomic E-state index is -0.811. The topological polar surface area (TPSA) is 55.4 Å². The summed E-state index contributed by atoms with van der Waals surface area (Å²) in [5.74, 6) is -0.852. The molecule has 1 rings (SSSR count). The molecule has 4 nitrogen and oxygen atoms in total. The maximum Gasteiger partial charge on any atom is 0.331 e. The fourth-order valence-electron chi connectivity index (χ4n) is 1.44. The van der Waals surface area contributed by atoms with Gasteiger partial charge in [-0.25, -0.2) is 4.79 Å². The maximum atomic E-state index is 11.6. The Bertz CT molecular complexity index is 512. The molecule has 0 heterocycles. The summed E-state index contributed by atoms with van der Waals surface area (Å²) in [6, 6.07) is 7.51. The Hall–Kier alpha value is -1.62. The van der Waals surface area contributed by atoms with E-state index in [2.05, 4.69) is 21.2 Å². The quantitative estimate of drug-likeness (QED) is 0.662. The van der Waals surface area contributed by atoms with Gasteiger partial charge in [-0.2, -0.15) is 0 Å². The Kier molecular flexibility index (Phi) is 6.45. The molecular weight excluding hydrogens is 322 g/mol. The van der Waals surface area contributed by atoms with Crippen LogP contribution in [0.3, 0.4) is 0 Å². The van der Waals surface area contributed by atoms with Crippen molar-refractivity contribution in [3.8, 4) is 0 Å². The number of amides is 1. The highest BCUT2D eigenvalue weighted by molar-refractivity contribution is 9.10. The molecule has 0 radical (unpaired) electrons. The highest BCUT2D eigenvalue weighted by atomic mass is 79.9. The third kappa shape index (κ3) is 5.57. The fraction of sp³-hybridized carbons (Fsp3) is 0.333. The van der Waals surface area contributed by atoms with Crippen LogP contribution in [0.15, 0.2) is 34.8 Å². The summed E-state index contributed by atoms with van der Waals surface area (Å²) in [6.45, 7) is 5.24. The van der Waals surface area contributed by atoms with Gasteiger partial charge in [-0.05, 0) is 38.5 Å². The van der Waals surface area contributed by atoms with E-state index >= 15 is 0 Å². The molecule has 1 atom stereocenters. The van der Waals surface area contributed by atoms with Crippen molar-refractivity contribution in [1.29, 1.82) is 0 Å². The number of hydrogen-bond donors (Lipinski definition) is 1. The third-order valence-electron chi connectivity index (χ3n) is 2.40. The number of benzene rings is 1. The molecule has 1 aromatic carbocycles. The lowest BCUT2D eigenvalue weighted by Gasteiger charge is -2.14. The van der Waals surface area contributed by atoms with Crippen LogP contribution in [0.1, 0.15) is 26.3 Å². The average molecular weight is 340 g/mol. The van der Waals surface area contributed by atoms with Crippen LogP contribution in [-0.2, 0) is 14.3 Å². The van der Waals surface area contributed by atoms with E-state index in [4.69, 9.17) is 4.74 Å². The van der Waals surface area contributed by atoms with E-state index in [1.165, 1.54) is 6.08 Å². The van der Waals surface area contributed by atoms with E-state index in [0.29, 0.717) is 0 Å². The Morgan fingerprint density at radius 1 is 1.25 bits per heavy atom. The summed E-state index contributed by atoms with van der Waals surface area (Å²) in [5, 5.41) is 2.68. The Morgan fingerprint density at radius 3 is 2.50 bits per heavy atom. The molecule has 1 amide bonds. The molecule has 0 aromatic heterocycles. The lowest BCUT2D eigenvalue weighted by molar-refractivity contribution is -0.150. The second-order valence-corrected chi connectivity index (χ2v) is 5.45. The Labute approximate surface area is 127 Å². The first-order valence-corrected chi connectivity index (χ1v) is 7.13. The smallest absolute Gasteiger partial charge is 0.331 e. The van der Waals surface area contributed by atoms with Crippen molar-refractivity contribution in [2.75, 3.05) is 0 Å². The molecule has 1 aromatic rings. The van der Waals surface area contributed by atoms with Gasteiger partial charge in [0, 0.05) is 16.6 Å². The number of carbonyl (C=O) groups excluding carboxylic acids is 2. The Balaban J connectivity index is 2.56. The molecular formula is C15H18BrNO3. The van der Waals surface area contributed by atoms with Crippen molar-refractivity contribution >= 4 is 33.9 Å². The highest BCUT2D eigenvalue weighted by Crippen LogP contribution is 2.17. The molecule has 20 heavy (non-hydrogen) atoms. The maximum absolute atomic E-state index is 11.6. The third-order valence-corrected chi connectivity index (χ3v) is 3.12. The summed E-state index contributed by atoms with van der Waals surface area (Å²) in [4.78, 5) is 23.2. The number of hydrogen-bond acceptors (Lipinski definition) is 3. The Morgan fingerprint density at radius 2 is 1.90 bits per heavy atom. The summed E-state index contributed by atoms with van der Waals surface area (Å²) < 4.78 is 5.91. The van der Waals surface area contributed by atoms with E-state index < -0.39 is 12.1 Å². The second-order valence-electron chi connectivity index (χ2n) is 4.60. The van der Waals surface area contributed by atoms with Gasteiger partial charge in [-0.1, -0.05) is 34.1 Å². The van der Waals surface area contributed by atoms with Crippen molar-refractivity contribution < 1.29 is 14.3 Å². The summed E-state index contributed by atoms with van der Waals surface area (Å²) in [5.41, 5.74) is 0.865. The molecule has 5 heteroatoms. The molecule has 0 aliphatic carbocycles. The summed E-state index contributed by atoms with van der Waals surface area (Å²) >= 11 is 3.38. The van der Waals surface area contributed by atoms with Crippen molar-refractivity contribution in [2.45, 2.75) is 32.9 Å². The lowest BCUT2D eigenvalue weighted by Crippen LogP contribution is -2.39. The lowest BCUT2D eigenvalue weighted by atomic mass is 10.2. The first-order chi connectivity index (χ1) is 9.40. The van der Waals surface area contributed by atoms with Crippen molar-refractivity contribution in [3.05, 3.63) is 40.4 Å². The van der Waals surface area contributed by atoms with Gasteiger partial charge in [0.1, 0.15) is 0 Å². The predicted molar refractivity (Wildman–Crippen MR) is 82.0 cm³/mol. The van der Waals surface area contributed by atoms with Gasteiger partial charge in [-0.3, -0.25) is 4.79 Å². The molecule has 0 spiro atoms. The van der Waals surface area contributed by atoms with Crippen LogP contribution < -0.4 is 5.32 Å². The first kappa shape index (κ1) is 16.4. The van der Waals surface area contributed by atoms with E-state index in [9.17, 15) is 9.59 Å². The van der Waals surface area contributed by atoms with Crippen LogP contribution in [0.5, 0.6) is 0 Å². The van der Waals surface area contributed by atoms with Gasteiger partial charge in [0.2, 0.25) is 0 Å². The first-order valence-electron chi connectivity index (χ1n) is 6.33. The average Bonchev–Trinajstić information content (AvgIpc) is 2.37. The minimum absolute atomic E-state index is 0.0134. The highest BCUT2D eigenvalue weighted by Gasteiger charge is 2.16. The summed E-state index contributed by atoms with van der Waals surface area (Å²) in [6.07, 6.45) is 2.13. The zero-order chi connectivity index (χ0) is 15.1. The van der Waals surface area contributed by atoms with Gasteiger partial charge in [0.15, 0.2) is 6.10 Å². The van der Waals surface area contributed by atoms with Crippen LogP contribution in [0.4, 0.5) is 0 Å². The van der Waals surface area contributed by atoms with E-state index in [1.54, 1.807) is 13.0 Å². The zero-order valence-corrected chi connectivity index (χ0v) is 13.3. The molecule has 0 unspecified atom stereocenters. The molecule has 0 aliphatic rings. The van der Waals surface area contributed by atoms with Gasteiger partial charge in [0.05, 0.1) is 0 Å². The van der Waals surface area contributed by atoms with Crippen LogP contribution >= 0.6 is 15.9 Å². The monoisotopic (exact) mass is 339 g/mol. The van der Waals surface area contributed by atoms with Gasteiger partial charge in [0.25, 0.3) is 5.91 Å². The molecule has 0 saturated heterocycles. The molecule has 108 valence electrons. The molecule has 0 saturated carbocycles. The van der Waals surface area contributed by atoms with Gasteiger partial charge >= 0.3 is 5.97 Å². The van der Waals surface area contributed by atoms with Crippen LogP contribution in [0.25, 0.3) is 6.08 Å². The number of nitrogens with one attached hydrogen (secondary N) is 1. The SMILES string of the molecule is CC(C)NC(=O)[C@H](C)OC(=O)/C=C/c1ccccc1Br. The standard InChI is InChI=1S/C15H18BrNO3/c1-10(2)17-15(19)11(3)20-14(18)9-8-12-6-4-5-7-13(12)16/h4-11H,1-3H3,(H,17,19)/b9-8+/t11-/m0/s1. The van der Waals surface area contributed by atoms with E-state index in [0.717, 1.165) is 10.0 Å². The van der Waals surface area contributed by atoms with Crippen LogP contribution in [0.2, 0.25) is 0 Å². The number of rotatable bonds is 5. The van der Waals surface area contributed by atoms with E-state index in [-0.39, 0.29) is 11.9 Å². The number of ether oxygens (including phenoxy) is 1. The van der Waals surface area contributed by atoms with Crippen LogP contribution in [-0.4, -0.2) is 24.0 Å². The molecule has 0 bridgehead atoms. The van der Waals surface area contributed by atoms with Gasteiger partial charge < -0.3 is 10.1 Å². The largest absolute Gasteiger partial charge is 0.449 e. The van der Waals surface area contributed by atoms with Crippen molar-refractivity contribution in [3.63, 3.8) is 0 Å². The zero-order valence-electron chi connectivity index (χ0n) is 11.7. The number of halogens is 1. The van der Waals surface area contributed by atoms with Crippen molar-refractivity contribution in [1.82, 2.24) is 5.32 Å². The normalized spacial score (nSPS) is 12.4. The second kappa shape index (κ2) is 7.85. The molecule has 1 N–H and O–H groups in total. The molecule has 0 aliphatic heterocycles. The number of carbonyl (C=O) groups is 2. The van der Waals surface area contributed by atoms with Crippen molar-refractivity contribution in [2.24, 2.45) is 0 Å². The predicted octanol–water partition coefficient (Wildman–Crippen LogP) is 2.92. The van der Waals surface area contributed by atoms with Gasteiger partial charge in [-0.15, -0.1) is 0 Å². The van der Waals surface area contributed by atoms with Crippen LogP contribution in [0, 0.1) is 0 Å². The summed E-state index contributed by atoms with van der Waals surface area (Å²) in [7, 11) is 0.